The Balaban J connectivity index is 1.62. The number of allylic oxidation sites excluding steroid dienone is 2. The van der Waals surface area contributed by atoms with Gasteiger partial charge < -0.3 is 15.5 Å². The zero-order valence-corrected chi connectivity index (χ0v) is 19.0. The highest BCUT2D eigenvalue weighted by atomic mass is 16.5. The number of hydrogen-bond donors (Lipinski definition) is 4. The van der Waals surface area contributed by atoms with E-state index >= 15 is 0 Å². The molecule has 2 aliphatic carbocycles. The van der Waals surface area contributed by atoms with Gasteiger partial charge in [-0.25, -0.2) is 10.2 Å². The average molecular weight is 429 g/mol. The summed E-state index contributed by atoms with van der Waals surface area (Å²) < 4.78 is 5.69. The van der Waals surface area contributed by atoms with Gasteiger partial charge in [-0.3, -0.25) is 5.21 Å². The maximum absolute atomic E-state index is 12.7. The normalized spacial score (nSPS) is 16.1. The number of urea groups is 1. The molecule has 0 heterocycles. The molecule has 0 aliphatic heterocycles. The first kappa shape index (κ1) is 23.1. The topological polar surface area (TPSA) is 97.7 Å². The summed E-state index contributed by atoms with van der Waals surface area (Å²) in [5.74, 6) is 1.04. The van der Waals surface area contributed by atoms with Gasteiger partial charge in [-0.15, -0.1) is 0 Å². The van der Waals surface area contributed by atoms with Crippen LogP contribution in [0, 0.1) is 11.3 Å². The minimum atomic E-state index is -0.527. The number of nitrogens with one attached hydrogen (secondary N) is 3. The van der Waals surface area contributed by atoms with Crippen LogP contribution in [-0.4, -0.2) is 29.2 Å². The lowest BCUT2D eigenvalue weighted by Gasteiger charge is -2.22. The van der Waals surface area contributed by atoms with Crippen molar-refractivity contribution >= 4 is 17.9 Å². The molecule has 2 amide bonds. The lowest BCUT2D eigenvalue weighted by atomic mass is 9.99. The lowest BCUT2D eigenvalue weighted by Crippen LogP contribution is -2.42. The van der Waals surface area contributed by atoms with Gasteiger partial charge in [-0.05, 0) is 86.5 Å². The summed E-state index contributed by atoms with van der Waals surface area (Å²) in [5.41, 5.74) is 8.53. The molecular formula is C24H36N4O3. The molecule has 1 atom stereocenters. The standard InChI is InChI=1S/C24H36N4O3/c1-4-16(2)8-7-13-31-17(3)22(15-25)28(30)27-24(29)26-23-20-11-5-9-18(20)14-19-10-6-12-21(19)23/h14-16,25,30H,4-13H2,1-3H3,(H2,26,27,29)/b22-17-,25-15?. The highest BCUT2D eigenvalue weighted by Gasteiger charge is 2.25. The van der Waals surface area contributed by atoms with Crippen molar-refractivity contribution in [1.29, 1.82) is 5.41 Å². The minimum Gasteiger partial charge on any atom is -0.496 e. The van der Waals surface area contributed by atoms with Crippen molar-refractivity contribution in [2.24, 2.45) is 5.92 Å². The number of carbonyl (C=O) groups excluding carboxylic acids is 1. The molecule has 0 spiro atoms. The first-order chi connectivity index (χ1) is 14.9. The largest absolute Gasteiger partial charge is 0.496 e. The number of amides is 2. The zero-order valence-electron chi connectivity index (χ0n) is 19.0. The zero-order chi connectivity index (χ0) is 22.4. The highest BCUT2D eigenvalue weighted by molar-refractivity contribution is 5.92. The van der Waals surface area contributed by atoms with Crippen LogP contribution in [0.3, 0.4) is 0 Å². The summed E-state index contributed by atoms with van der Waals surface area (Å²) in [5, 5.41) is 21.5. The number of rotatable bonds is 10. The number of hydrazine groups is 1. The Kier molecular flexibility index (Phi) is 7.96. The number of benzene rings is 1. The van der Waals surface area contributed by atoms with Gasteiger partial charge in [0.2, 0.25) is 0 Å². The molecule has 0 bridgehead atoms. The van der Waals surface area contributed by atoms with E-state index in [1.54, 1.807) is 6.92 Å². The van der Waals surface area contributed by atoms with Gasteiger partial charge in [0.05, 0.1) is 6.61 Å². The minimum absolute atomic E-state index is 0.0993. The van der Waals surface area contributed by atoms with Crippen molar-refractivity contribution in [3.63, 3.8) is 0 Å². The average Bonchev–Trinajstić information content (AvgIpc) is 3.40. The Labute approximate surface area is 185 Å². The van der Waals surface area contributed by atoms with Gasteiger partial charge >= 0.3 is 6.03 Å². The molecule has 2 aliphatic rings. The quantitative estimate of drug-likeness (QED) is 0.180. The summed E-state index contributed by atoms with van der Waals surface area (Å²) in [7, 11) is 0. The summed E-state index contributed by atoms with van der Waals surface area (Å²) in [6, 6.07) is 1.78. The van der Waals surface area contributed by atoms with Crippen molar-refractivity contribution in [2.75, 3.05) is 11.9 Å². The van der Waals surface area contributed by atoms with Crippen molar-refractivity contribution < 1.29 is 14.7 Å². The molecule has 0 saturated heterocycles. The fourth-order valence-corrected chi connectivity index (χ4v) is 4.51. The Morgan fingerprint density at radius 1 is 1.26 bits per heavy atom. The first-order valence-electron chi connectivity index (χ1n) is 11.5. The number of nitrogens with zero attached hydrogens (tertiary/aromatic N) is 1. The molecule has 7 nitrogen and oxygen atoms in total. The van der Waals surface area contributed by atoms with Gasteiger partial charge in [0.1, 0.15) is 11.5 Å². The van der Waals surface area contributed by atoms with Crippen LogP contribution in [0.15, 0.2) is 17.5 Å². The van der Waals surface area contributed by atoms with Gasteiger partial charge in [0.15, 0.2) is 0 Å². The van der Waals surface area contributed by atoms with E-state index in [-0.39, 0.29) is 5.70 Å². The monoisotopic (exact) mass is 428 g/mol. The second-order valence-electron chi connectivity index (χ2n) is 8.70. The Morgan fingerprint density at radius 2 is 1.90 bits per heavy atom. The summed E-state index contributed by atoms with van der Waals surface area (Å²) >= 11 is 0. The smallest absolute Gasteiger partial charge is 0.339 e. The molecule has 3 rings (SSSR count). The molecular weight excluding hydrogens is 392 g/mol. The molecule has 0 radical (unpaired) electrons. The van der Waals surface area contributed by atoms with Crippen LogP contribution in [0.25, 0.3) is 0 Å². The molecule has 0 aromatic heterocycles. The van der Waals surface area contributed by atoms with Crippen LogP contribution in [-0.2, 0) is 30.4 Å². The molecule has 0 saturated carbocycles. The van der Waals surface area contributed by atoms with E-state index in [0.29, 0.717) is 23.5 Å². The second kappa shape index (κ2) is 10.7. The Hall–Kier alpha value is -2.54. The predicted octanol–water partition coefficient (Wildman–Crippen LogP) is 5.12. The molecule has 0 fully saturated rings. The van der Waals surface area contributed by atoms with Gasteiger partial charge in [0.25, 0.3) is 0 Å². The van der Waals surface area contributed by atoms with E-state index < -0.39 is 6.03 Å². The Morgan fingerprint density at radius 3 is 2.48 bits per heavy atom. The first-order valence-corrected chi connectivity index (χ1v) is 11.5. The summed E-state index contributed by atoms with van der Waals surface area (Å²) in [6.45, 7) is 6.57. The lowest BCUT2D eigenvalue weighted by molar-refractivity contribution is -0.0840. The molecule has 31 heavy (non-hydrogen) atoms. The number of anilines is 1. The van der Waals surface area contributed by atoms with Crippen LogP contribution < -0.4 is 10.7 Å². The van der Waals surface area contributed by atoms with Crippen molar-refractivity contribution in [2.45, 2.75) is 78.6 Å². The number of carbonyl (C=O) groups is 1. The van der Waals surface area contributed by atoms with Gasteiger partial charge in [-0.1, -0.05) is 26.3 Å². The fourth-order valence-electron chi connectivity index (χ4n) is 4.51. The van der Waals surface area contributed by atoms with E-state index in [1.807, 2.05) is 0 Å². The second-order valence-corrected chi connectivity index (χ2v) is 8.70. The molecule has 1 unspecified atom stereocenters. The van der Waals surface area contributed by atoms with E-state index in [9.17, 15) is 10.0 Å². The Bertz CT molecular complexity index is 817. The molecule has 1 aromatic rings. The van der Waals surface area contributed by atoms with Crippen molar-refractivity contribution in [3.05, 3.63) is 39.8 Å². The molecule has 170 valence electrons. The maximum Gasteiger partial charge on any atom is 0.339 e. The van der Waals surface area contributed by atoms with Crippen LogP contribution in [0.2, 0.25) is 0 Å². The van der Waals surface area contributed by atoms with Crippen LogP contribution in [0.5, 0.6) is 0 Å². The van der Waals surface area contributed by atoms with Crippen molar-refractivity contribution in [3.8, 4) is 0 Å². The number of hydrogen-bond acceptors (Lipinski definition) is 5. The highest BCUT2D eigenvalue weighted by Crippen LogP contribution is 2.38. The number of aryl methyl sites for hydroxylation is 2. The maximum atomic E-state index is 12.7. The van der Waals surface area contributed by atoms with Crippen LogP contribution in [0.1, 0.15) is 75.1 Å². The molecule has 1 aromatic carbocycles. The van der Waals surface area contributed by atoms with Crippen LogP contribution >= 0.6 is 0 Å². The van der Waals surface area contributed by atoms with Gasteiger partial charge in [-0.2, -0.15) is 5.17 Å². The number of ether oxygens (including phenoxy) is 1. The fraction of sp³-hybridized carbons (Fsp3) is 0.583. The van der Waals surface area contributed by atoms with E-state index in [0.717, 1.165) is 69.7 Å². The SMILES string of the molecule is CCC(C)CCCO/C(C)=C(/C=N)N(O)NC(=O)Nc1c2c(cc3c1CCC3)CCC2. The number of hydroxylamine groups is 1. The van der Waals surface area contributed by atoms with E-state index in [2.05, 4.69) is 30.7 Å². The number of fused-ring (bicyclic) bond motifs is 2. The van der Waals surface area contributed by atoms with Gasteiger partial charge in [0, 0.05) is 11.9 Å². The third-order valence-electron chi connectivity index (χ3n) is 6.50. The third kappa shape index (κ3) is 5.58. The van der Waals surface area contributed by atoms with Crippen LogP contribution in [0.4, 0.5) is 10.5 Å². The third-order valence-corrected chi connectivity index (χ3v) is 6.50. The summed E-state index contributed by atoms with van der Waals surface area (Å²) in [4.78, 5) is 12.7. The molecule has 7 heteroatoms. The van der Waals surface area contributed by atoms with E-state index in [1.165, 1.54) is 22.3 Å². The molecule has 4 N–H and O–H groups in total. The summed E-state index contributed by atoms with van der Waals surface area (Å²) in [6.07, 6.45) is 10.3. The predicted molar refractivity (Wildman–Crippen MR) is 122 cm³/mol. The van der Waals surface area contributed by atoms with Crippen molar-refractivity contribution in [1.82, 2.24) is 10.6 Å². The van der Waals surface area contributed by atoms with E-state index in [4.69, 9.17) is 10.1 Å².